The van der Waals surface area contributed by atoms with Crippen LogP contribution in [0.2, 0.25) is 0 Å². The van der Waals surface area contributed by atoms with Crippen LogP contribution in [0.25, 0.3) is 0 Å². The largest absolute Gasteiger partial charge is 0.459 e. The molecule has 49 heavy (non-hydrogen) atoms. The molecule has 2 fully saturated rings. The first-order valence-electron chi connectivity index (χ1n) is 15.0. The molecule has 7 rings (SSSR count). The van der Waals surface area contributed by atoms with Crippen LogP contribution in [-0.4, -0.2) is 121 Å². The monoisotopic (exact) mass is 692 g/mol. The first kappa shape index (κ1) is 33.5. The topological polar surface area (TPSA) is 234 Å². The molecule has 0 amide bonds. The number of halogens is 2. The number of hydrogen-bond donors (Lipinski definition) is 8. The van der Waals surface area contributed by atoms with Crippen molar-refractivity contribution in [3.63, 3.8) is 0 Å². The van der Waals surface area contributed by atoms with Gasteiger partial charge in [-0.05, 0) is 18.2 Å². The lowest BCUT2D eigenvalue weighted by molar-refractivity contribution is -0.277. The number of benzene rings is 3. The first-order valence-corrected chi connectivity index (χ1v) is 15.0. The number of aliphatic hydroxyl groups is 8. The van der Waals surface area contributed by atoms with Gasteiger partial charge in [-0.1, -0.05) is 18.2 Å². The molecule has 4 aliphatic heterocycles. The van der Waals surface area contributed by atoms with Gasteiger partial charge >= 0.3 is 5.97 Å². The molecular formula is C32H30F2O15. The Hall–Kier alpha value is -4.01. The fourth-order valence-electron chi connectivity index (χ4n) is 6.43. The Bertz CT molecular complexity index is 1670. The summed E-state index contributed by atoms with van der Waals surface area (Å²) in [4.78, 5) is 13.2. The van der Waals surface area contributed by atoms with Crippen molar-refractivity contribution in [2.24, 2.45) is 0 Å². The Morgan fingerprint density at radius 3 is 1.59 bits per heavy atom. The number of aliphatic hydroxyl groups excluding tert-OH is 8. The quantitative estimate of drug-likeness (QED) is 0.143. The van der Waals surface area contributed by atoms with Gasteiger partial charge in [-0.25, -0.2) is 13.6 Å². The molecule has 17 heteroatoms. The summed E-state index contributed by atoms with van der Waals surface area (Å²) in [7, 11) is 0. The number of carbonyl (C=O) groups is 1. The number of carbonyl (C=O) groups excluding carboxylic acids is 1. The average Bonchev–Trinajstić information content (AvgIpc) is 3.39. The van der Waals surface area contributed by atoms with E-state index in [1.54, 1.807) is 12.1 Å². The van der Waals surface area contributed by atoms with Gasteiger partial charge in [0.1, 0.15) is 60.3 Å². The highest BCUT2D eigenvalue weighted by Gasteiger charge is 2.55. The molecule has 0 aromatic heterocycles. The summed E-state index contributed by atoms with van der Waals surface area (Å²) in [5, 5.41) is 80.5. The Labute approximate surface area is 274 Å². The van der Waals surface area contributed by atoms with E-state index in [0.717, 1.165) is 24.3 Å². The number of fused-ring (bicyclic) bond motifs is 6. The van der Waals surface area contributed by atoms with E-state index in [-0.39, 0.29) is 33.8 Å². The highest BCUT2D eigenvalue weighted by Crippen LogP contribution is 2.58. The normalized spacial score (nSPS) is 32.8. The summed E-state index contributed by atoms with van der Waals surface area (Å²) in [5.41, 5.74) is -1.89. The number of hydrogen-bond acceptors (Lipinski definition) is 15. The molecule has 10 atom stereocenters. The van der Waals surface area contributed by atoms with Crippen molar-refractivity contribution in [1.82, 2.24) is 0 Å². The van der Waals surface area contributed by atoms with Crippen molar-refractivity contribution in [2.45, 2.75) is 67.0 Å². The first-order chi connectivity index (χ1) is 23.4. The Kier molecular flexibility index (Phi) is 8.47. The summed E-state index contributed by atoms with van der Waals surface area (Å²) >= 11 is 0. The van der Waals surface area contributed by atoms with Gasteiger partial charge in [0, 0.05) is 17.7 Å². The van der Waals surface area contributed by atoms with E-state index >= 15 is 8.78 Å². The molecule has 15 nitrogen and oxygen atoms in total. The standard InChI is InChI=1S/C32H30F2O15/c33-15-5-13-17(7-19(15)45-30-27(41)25(39)23(37)21(9-35)47-30)44-18-8-20(46-31-28(42)26(40)24(38)22(10-36)48-31)16(34)6-14(18)32(13)12-4-2-1-3-11(12)29(43)49-32/h1-8,21-28,30-31,35-42H,9-10H2/t21-,22-,23+,24+,25+,26+,27-,28-,30-,31-/m1/s1. The summed E-state index contributed by atoms with van der Waals surface area (Å²) in [6.07, 6.45) is -17.1. The van der Waals surface area contributed by atoms with E-state index in [1.165, 1.54) is 12.1 Å². The highest BCUT2D eigenvalue weighted by molar-refractivity contribution is 5.97. The van der Waals surface area contributed by atoms with Gasteiger partial charge in [0.25, 0.3) is 0 Å². The SMILES string of the molecule is O=C1OC2(c3cc(F)c(O[C@@H]4O[C@H](CO)[C@H](O)[C@H](O)[C@H]4O)cc3Oc3cc(O[C@@H]4O[C@H](CO)[C@H](O)[C@H](O)[C@H]4O)c(F)cc32)c2ccccc21. The zero-order chi connectivity index (χ0) is 34.9. The van der Waals surface area contributed by atoms with E-state index in [0.29, 0.717) is 0 Å². The van der Waals surface area contributed by atoms with E-state index in [4.69, 9.17) is 28.4 Å². The molecule has 4 aliphatic rings. The summed E-state index contributed by atoms with van der Waals surface area (Å²) in [6, 6.07) is 9.98. The van der Waals surface area contributed by atoms with E-state index in [1.807, 2.05) is 0 Å². The molecule has 2 saturated heterocycles. The van der Waals surface area contributed by atoms with Gasteiger partial charge in [-0.15, -0.1) is 0 Å². The summed E-state index contributed by atoms with van der Waals surface area (Å²) < 4.78 is 65.4. The van der Waals surface area contributed by atoms with Crippen molar-refractivity contribution < 1.29 is 82.8 Å². The smallest absolute Gasteiger partial charge is 0.340 e. The minimum absolute atomic E-state index is 0.0883. The molecule has 262 valence electrons. The Morgan fingerprint density at radius 2 is 1.12 bits per heavy atom. The number of esters is 1. The Morgan fingerprint density at radius 1 is 0.653 bits per heavy atom. The van der Waals surface area contributed by atoms with Crippen LogP contribution in [0, 0.1) is 11.6 Å². The predicted octanol–water partition coefficient (Wildman–Crippen LogP) is -1.11. The zero-order valence-corrected chi connectivity index (χ0v) is 25.0. The lowest BCUT2D eigenvalue weighted by Gasteiger charge is -2.40. The van der Waals surface area contributed by atoms with Crippen LogP contribution >= 0.6 is 0 Å². The molecule has 4 heterocycles. The van der Waals surface area contributed by atoms with Crippen LogP contribution in [-0.2, 0) is 19.8 Å². The van der Waals surface area contributed by atoms with Crippen LogP contribution in [0.5, 0.6) is 23.0 Å². The second-order valence-electron chi connectivity index (χ2n) is 11.9. The van der Waals surface area contributed by atoms with E-state index < -0.39 is 109 Å². The maximum atomic E-state index is 15.9. The van der Waals surface area contributed by atoms with Gasteiger partial charge in [0.15, 0.2) is 28.7 Å². The second-order valence-corrected chi connectivity index (χ2v) is 11.9. The molecule has 0 radical (unpaired) electrons. The molecule has 8 N–H and O–H groups in total. The molecular weight excluding hydrogens is 662 g/mol. The van der Waals surface area contributed by atoms with Crippen LogP contribution in [0.1, 0.15) is 27.0 Å². The maximum Gasteiger partial charge on any atom is 0.340 e. The van der Waals surface area contributed by atoms with E-state index in [9.17, 15) is 45.6 Å². The Balaban J connectivity index is 1.31. The molecule has 0 aliphatic carbocycles. The molecule has 0 unspecified atom stereocenters. The summed E-state index contributed by atoms with van der Waals surface area (Å²) in [6.45, 7) is -1.54. The van der Waals surface area contributed by atoms with Gasteiger partial charge in [0.05, 0.1) is 29.9 Å². The molecule has 0 bridgehead atoms. The van der Waals surface area contributed by atoms with Crippen LogP contribution < -0.4 is 14.2 Å². The van der Waals surface area contributed by atoms with Crippen molar-refractivity contribution >= 4 is 5.97 Å². The van der Waals surface area contributed by atoms with Crippen LogP contribution in [0.3, 0.4) is 0 Å². The summed E-state index contributed by atoms with van der Waals surface area (Å²) in [5.74, 6) is -4.58. The minimum atomic E-state index is -1.98. The second kappa shape index (κ2) is 12.4. The van der Waals surface area contributed by atoms with Crippen molar-refractivity contribution in [3.8, 4) is 23.0 Å². The number of ether oxygens (including phenoxy) is 6. The zero-order valence-electron chi connectivity index (χ0n) is 25.0. The van der Waals surface area contributed by atoms with Gasteiger partial charge in [-0.2, -0.15) is 0 Å². The maximum absolute atomic E-state index is 15.9. The minimum Gasteiger partial charge on any atom is -0.459 e. The third kappa shape index (κ3) is 5.21. The van der Waals surface area contributed by atoms with E-state index in [2.05, 4.69) is 0 Å². The third-order valence-electron chi connectivity index (χ3n) is 9.00. The van der Waals surface area contributed by atoms with Gasteiger partial charge in [0.2, 0.25) is 12.6 Å². The van der Waals surface area contributed by atoms with Crippen molar-refractivity contribution in [2.75, 3.05) is 13.2 Å². The lowest BCUT2D eigenvalue weighted by Crippen LogP contribution is -2.60. The molecule has 1 spiro atoms. The van der Waals surface area contributed by atoms with Gasteiger partial charge < -0.3 is 69.3 Å². The molecule has 3 aromatic carbocycles. The molecule has 0 saturated carbocycles. The number of rotatable bonds is 6. The van der Waals surface area contributed by atoms with Crippen LogP contribution in [0.15, 0.2) is 48.5 Å². The third-order valence-corrected chi connectivity index (χ3v) is 9.00. The fourth-order valence-corrected chi connectivity index (χ4v) is 6.43. The predicted molar refractivity (Wildman–Crippen MR) is 153 cm³/mol. The fraction of sp³-hybridized carbons (Fsp3) is 0.406. The van der Waals surface area contributed by atoms with Gasteiger partial charge in [-0.3, -0.25) is 0 Å². The lowest BCUT2D eigenvalue weighted by atomic mass is 9.77. The van der Waals surface area contributed by atoms with Crippen molar-refractivity contribution in [1.29, 1.82) is 0 Å². The van der Waals surface area contributed by atoms with Crippen molar-refractivity contribution in [3.05, 3.63) is 82.4 Å². The van der Waals surface area contributed by atoms with Crippen LogP contribution in [0.4, 0.5) is 8.78 Å². The average molecular weight is 693 g/mol. The molecule has 3 aromatic rings. The highest BCUT2D eigenvalue weighted by atomic mass is 19.1.